The molecule has 37 heavy (non-hydrogen) atoms. The zero-order chi connectivity index (χ0) is 25.9. The average Bonchev–Trinajstić information content (AvgIpc) is 3.53. The molecule has 3 aromatic carbocycles. The molecule has 6 rings (SSSR count). The summed E-state index contributed by atoms with van der Waals surface area (Å²) in [7, 11) is 0. The molecule has 0 aliphatic carbocycles. The quantitative estimate of drug-likeness (QED) is 0.360. The number of fused-ring (bicyclic) bond motifs is 2. The smallest absolute Gasteiger partial charge is 0.325 e. The zero-order valence-electron chi connectivity index (χ0n) is 20.6. The van der Waals surface area contributed by atoms with Crippen LogP contribution in [0.15, 0.2) is 79.0 Å². The summed E-state index contributed by atoms with van der Waals surface area (Å²) >= 11 is 0. The summed E-state index contributed by atoms with van der Waals surface area (Å²) in [6.45, 7) is 3.78. The Morgan fingerprint density at radius 3 is 2.32 bits per heavy atom. The molecule has 0 bridgehead atoms. The van der Waals surface area contributed by atoms with Crippen LogP contribution in [0, 0.1) is 25.7 Å². The van der Waals surface area contributed by atoms with Crippen molar-refractivity contribution in [3.8, 4) is 0 Å². The van der Waals surface area contributed by atoms with E-state index in [1.165, 1.54) is 4.90 Å². The highest BCUT2D eigenvalue weighted by atomic mass is 16.4. The Kier molecular flexibility index (Phi) is 5.28. The van der Waals surface area contributed by atoms with E-state index in [1.54, 1.807) is 18.3 Å². The minimum atomic E-state index is -1.67. The number of anilines is 1. The third kappa shape index (κ3) is 3.34. The van der Waals surface area contributed by atoms with Crippen LogP contribution in [0.25, 0.3) is 10.9 Å². The number of hydrogen-bond acceptors (Lipinski definition) is 4. The molecule has 4 unspecified atom stereocenters. The summed E-state index contributed by atoms with van der Waals surface area (Å²) in [5, 5.41) is 15.0. The largest absolute Gasteiger partial charge is 0.480 e. The third-order valence-electron chi connectivity index (χ3n) is 8.06. The summed E-state index contributed by atoms with van der Waals surface area (Å²) in [6, 6.07) is 21.9. The number of aliphatic carboxylic acids is 1. The van der Waals surface area contributed by atoms with Crippen LogP contribution in [0.4, 0.5) is 5.69 Å². The van der Waals surface area contributed by atoms with E-state index in [4.69, 9.17) is 0 Å². The Bertz CT molecular complexity index is 1570. The number of rotatable bonds is 5. The van der Waals surface area contributed by atoms with Gasteiger partial charge in [-0.1, -0.05) is 60.7 Å². The van der Waals surface area contributed by atoms with E-state index in [0.717, 1.165) is 33.2 Å². The Hall–Kier alpha value is -4.23. The molecule has 7 nitrogen and oxygen atoms in total. The maximum atomic E-state index is 14.1. The molecule has 2 aliphatic heterocycles. The third-order valence-corrected chi connectivity index (χ3v) is 8.06. The average molecular weight is 494 g/mol. The fourth-order valence-corrected chi connectivity index (χ4v) is 6.27. The Balaban J connectivity index is 1.54. The number of carbonyl (C=O) groups excluding carboxylic acids is 2. The van der Waals surface area contributed by atoms with E-state index >= 15 is 0 Å². The highest BCUT2D eigenvalue weighted by molar-refractivity contribution is 6.24. The van der Waals surface area contributed by atoms with Crippen molar-refractivity contribution < 1.29 is 19.5 Å². The van der Waals surface area contributed by atoms with E-state index in [9.17, 15) is 19.5 Å². The lowest BCUT2D eigenvalue weighted by Gasteiger charge is -2.31. The fourth-order valence-electron chi connectivity index (χ4n) is 6.27. The van der Waals surface area contributed by atoms with E-state index in [-0.39, 0.29) is 12.3 Å². The monoisotopic (exact) mass is 493 g/mol. The van der Waals surface area contributed by atoms with Gasteiger partial charge in [-0.05, 0) is 48.2 Å². The van der Waals surface area contributed by atoms with Gasteiger partial charge in [0.15, 0.2) is 0 Å². The van der Waals surface area contributed by atoms with Crippen molar-refractivity contribution in [2.45, 2.75) is 31.8 Å². The van der Waals surface area contributed by atoms with Gasteiger partial charge in [0.1, 0.15) is 5.54 Å². The summed E-state index contributed by atoms with van der Waals surface area (Å²) in [5.41, 5.74) is 3.04. The van der Waals surface area contributed by atoms with Crippen LogP contribution in [0.2, 0.25) is 0 Å². The van der Waals surface area contributed by atoms with Crippen LogP contribution in [-0.4, -0.2) is 33.4 Å². The second-order valence-electron chi connectivity index (χ2n) is 10.1. The summed E-state index contributed by atoms with van der Waals surface area (Å²) in [4.78, 5) is 45.8. The topological polar surface area (TPSA) is 102 Å². The number of aromatic nitrogens is 1. The lowest BCUT2D eigenvalue weighted by atomic mass is 9.76. The van der Waals surface area contributed by atoms with Crippen molar-refractivity contribution in [3.63, 3.8) is 0 Å². The first-order valence-electron chi connectivity index (χ1n) is 12.4. The second kappa shape index (κ2) is 8.42. The number of benzene rings is 3. The van der Waals surface area contributed by atoms with Crippen molar-refractivity contribution in [2.75, 3.05) is 4.90 Å². The molecule has 7 heteroatoms. The molecule has 2 saturated heterocycles. The van der Waals surface area contributed by atoms with Crippen molar-refractivity contribution in [1.82, 2.24) is 10.3 Å². The van der Waals surface area contributed by atoms with Crippen LogP contribution in [0.5, 0.6) is 0 Å². The SMILES string of the molecule is Cc1ccccc1C1NC(Cc2c[nH]c3ccccc23)(C(=O)O)C2C(=O)N(c3ccccc3C)C(=O)C12. The van der Waals surface area contributed by atoms with Gasteiger partial charge in [-0.2, -0.15) is 0 Å². The van der Waals surface area contributed by atoms with Crippen molar-refractivity contribution in [1.29, 1.82) is 0 Å². The Labute approximate surface area is 214 Å². The lowest BCUT2D eigenvalue weighted by Crippen LogP contribution is -2.57. The fraction of sp³-hybridized carbons (Fsp3) is 0.233. The number of aromatic amines is 1. The number of nitrogens with one attached hydrogen (secondary N) is 2. The highest BCUT2D eigenvalue weighted by Crippen LogP contribution is 2.51. The van der Waals surface area contributed by atoms with Crippen LogP contribution >= 0.6 is 0 Å². The number of carboxylic acids is 1. The normalized spacial score (nSPS) is 25.1. The van der Waals surface area contributed by atoms with Gasteiger partial charge in [-0.3, -0.25) is 19.7 Å². The van der Waals surface area contributed by atoms with Crippen LogP contribution < -0.4 is 10.2 Å². The molecule has 3 heterocycles. The number of amides is 2. The molecule has 0 saturated carbocycles. The number of carboxylic acid groups (broad SMARTS) is 1. The van der Waals surface area contributed by atoms with Gasteiger partial charge in [0.2, 0.25) is 11.8 Å². The van der Waals surface area contributed by atoms with Crippen molar-refractivity contribution in [3.05, 3.63) is 101 Å². The van der Waals surface area contributed by atoms with Crippen LogP contribution in [0.3, 0.4) is 0 Å². The molecule has 2 aliphatic rings. The number of para-hydroxylation sites is 2. The molecule has 0 radical (unpaired) electrons. The number of H-pyrrole nitrogens is 1. The molecule has 1 aromatic heterocycles. The summed E-state index contributed by atoms with van der Waals surface area (Å²) in [5.74, 6) is -3.91. The number of imide groups is 1. The highest BCUT2D eigenvalue weighted by Gasteiger charge is 2.68. The molecule has 186 valence electrons. The number of carbonyl (C=O) groups is 3. The summed E-state index contributed by atoms with van der Waals surface area (Å²) in [6.07, 6.45) is 1.85. The predicted molar refractivity (Wildman–Crippen MR) is 140 cm³/mol. The first-order valence-corrected chi connectivity index (χ1v) is 12.4. The maximum Gasteiger partial charge on any atom is 0.325 e. The minimum Gasteiger partial charge on any atom is -0.480 e. The number of aryl methyl sites for hydroxylation is 2. The number of nitrogens with zero attached hydrogens (tertiary/aromatic N) is 1. The van der Waals surface area contributed by atoms with E-state index in [2.05, 4.69) is 10.3 Å². The molecular weight excluding hydrogens is 466 g/mol. The summed E-state index contributed by atoms with van der Waals surface area (Å²) < 4.78 is 0. The first-order chi connectivity index (χ1) is 17.8. The molecule has 3 N–H and O–H groups in total. The molecule has 4 aromatic rings. The molecule has 0 spiro atoms. The van der Waals surface area contributed by atoms with Crippen molar-refractivity contribution in [2.24, 2.45) is 11.8 Å². The standard InChI is InChI=1S/C30H27N3O4/c1-17-9-3-5-11-20(17)26-24-25(28(35)33(27(24)34)23-14-8-4-10-18(23)2)30(32-26,29(36)37)15-19-16-31-22-13-7-6-12-21(19)22/h3-14,16,24-26,31-32H,15H2,1-2H3,(H,36,37). The maximum absolute atomic E-state index is 14.1. The molecular formula is C30H27N3O4. The van der Waals surface area contributed by atoms with Crippen LogP contribution in [-0.2, 0) is 20.8 Å². The molecule has 4 atom stereocenters. The number of hydrogen-bond donors (Lipinski definition) is 3. The molecule has 2 fully saturated rings. The molecule has 2 amide bonds. The predicted octanol–water partition coefficient (Wildman–Crippen LogP) is 4.30. The van der Waals surface area contributed by atoms with Crippen molar-refractivity contribution >= 4 is 34.4 Å². The van der Waals surface area contributed by atoms with Gasteiger partial charge in [0.25, 0.3) is 0 Å². The van der Waals surface area contributed by atoms with Crippen LogP contribution in [0.1, 0.15) is 28.3 Å². The van der Waals surface area contributed by atoms with Gasteiger partial charge in [-0.15, -0.1) is 0 Å². The van der Waals surface area contributed by atoms with E-state index in [0.29, 0.717) is 5.69 Å². The van der Waals surface area contributed by atoms with E-state index < -0.39 is 35.3 Å². The zero-order valence-corrected chi connectivity index (χ0v) is 20.6. The second-order valence-corrected chi connectivity index (χ2v) is 10.1. The van der Waals surface area contributed by atoms with Gasteiger partial charge in [0, 0.05) is 29.6 Å². The Morgan fingerprint density at radius 2 is 1.59 bits per heavy atom. The van der Waals surface area contributed by atoms with Gasteiger partial charge in [0.05, 0.1) is 17.5 Å². The van der Waals surface area contributed by atoms with Gasteiger partial charge in [-0.25, -0.2) is 4.90 Å². The van der Waals surface area contributed by atoms with Gasteiger partial charge >= 0.3 is 5.97 Å². The lowest BCUT2D eigenvalue weighted by molar-refractivity contribution is -0.148. The minimum absolute atomic E-state index is 0.0521. The first kappa shape index (κ1) is 23.2. The Morgan fingerprint density at radius 1 is 0.919 bits per heavy atom. The van der Waals surface area contributed by atoms with E-state index in [1.807, 2.05) is 74.5 Å². The van der Waals surface area contributed by atoms with Gasteiger partial charge < -0.3 is 10.1 Å².